The number of carbonyl (C=O) groups excluding carboxylic acids is 2. The summed E-state index contributed by atoms with van der Waals surface area (Å²) < 4.78 is 11.3. The third-order valence-electron chi connectivity index (χ3n) is 5.10. The lowest BCUT2D eigenvalue weighted by Gasteiger charge is -2.29. The fraction of sp³-hybridized carbons (Fsp3) is 0.481. The monoisotopic (exact) mass is 454 g/mol. The number of hydrogen-bond donors (Lipinski definition) is 2. The first-order valence-electron chi connectivity index (χ1n) is 11.4. The van der Waals surface area contributed by atoms with Gasteiger partial charge in [0.05, 0.1) is 6.04 Å². The van der Waals surface area contributed by atoms with Gasteiger partial charge in [-0.05, 0) is 84.2 Å². The molecule has 1 unspecified atom stereocenters. The topological polar surface area (TPSA) is 76.7 Å². The van der Waals surface area contributed by atoms with Gasteiger partial charge in [-0.1, -0.05) is 36.8 Å². The molecule has 6 heteroatoms. The molecule has 0 fully saturated rings. The number of benzene rings is 2. The van der Waals surface area contributed by atoms with Gasteiger partial charge in [0.1, 0.15) is 11.4 Å². The van der Waals surface area contributed by atoms with E-state index in [0.717, 1.165) is 22.4 Å². The quantitative estimate of drug-likeness (QED) is 0.502. The predicted octanol–water partition coefficient (Wildman–Crippen LogP) is 5.31. The standard InChI is InChI=1S/C27H38N2O4/c1-9-22(24(30)29-23-15-10-18(2)16-19(23)3)28-17-20-11-13-21(14-12-20)32-27(7,8)25(31)33-26(4,5)6/h10-16,22,28H,9,17H2,1-8H3,(H,29,30). The highest BCUT2D eigenvalue weighted by molar-refractivity contribution is 5.95. The second kappa shape index (κ2) is 10.8. The molecule has 0 heterocycles. The highest BCUT2D eigenvalue weighted by Gasteiger charge is 2.34. The lowest BCUT2D eigenvalue weighted by Crippen LogP contribution is -2.43. The van der Waals surface area contributed by atoms with Crippen LogP contribution in [0, 0.1) is 13.8 Å². The van der Waals surface area contributed by atoms with Gasteiger partial charge >= 0.3 is 5.97 Å². The van der Waals surface area contributed by atoms with E-state index in [0.29, 0.717) is 18.7 Å². The number of rotatable bonds is 9. The van der Waals surface area contributed by atoms with Crippen molar-refractivity contribution in [2.45, 2.75) is 85.6 Å². The average Bonchev–Trinajstić information content (AvgIpc) is 2.70. The van der Waals surface area contributed by atoms with E-state index in [2.05, 4.69) is 16.7 Å². The molecule has 180 valence electrons. The summed E-state index contributed by atoms with van der Waals surface area (Å²) in [5.74, 6) is 0.110. The van der Waals surface area contributed by atoms with Gasteiger partial charge in [-0.3, -0.25) is 4.79 Å². The van der Waals surface area contributed by atoms with Crippen molar-refractivity contribution in [2.75, 3.05) is 5.32 Å². The first-order valence-corrected chi connectivity index (χ1v) is 11.4. The first-order chi connectivity index (χ1) is 15.3. The van der Waals surface area contributed by atoms with Crippen LogP contribution in [-0.2, 0) is 20.9 Å². The molecule has 33 heavy (non-hydrogen) atoms. The molecule has 0 spiro atoms. The highest BCUT2D eigenvalue weighted by Crippen LogP contribution is 2.22. The van der Waals surface area contributed by atoms with Crippen LogP contribution in [0.2, 0.25) is 0 Å². The summed E-state index contributed by atoms with van der Waals surface area (Å²) in [6.07, 6.45) is 0.669. The summed E-state index contributed by atoms with van der Waals surface area (Å²) in [6.45, 7) is 15.4. The number of anilines is 1. The molecule has 0 bridgehead atoms. The van der Waals surface area contributed by atoms with Crippen molar-refractivity contribution in [1.29, 1.82) is 0 Å². The van der Waals surface area contributed by atoms with Gasteiger partial charge in [-0.15, -0.1) is 0 Å². The Hall–Kier alpha value is -2.86. The Morgan fingerprint density at radius 3 is 2.15 bits per heavy atom. The number of carbonyl (C=O) groups is 2. The van der Waals surface area contributed by atoms with Crippen molar-refractivity contribution in [3.63, 3.8) is 0 Å². The zero-order valence-corrected chi connectivity index (χ0v) is 21.2. The third-order valence-corrected chi connectivity index (χ3v) is 5.10. The molecule has 2 aromatic rings. The maximum absolute atomic E-state index is 12.7. The highest BCUT2D eigenvalue weighted by atomic mass is 16.6. The molecule has 0 aliphatic carbocycles. The summed E-state index contributed by atoms with van der Waals surface area (Å²) in [4.78, 5) is 25.1. The molecule has 0 radical (unpaired) electrons. The van der Waals surface area contributed by atoms with Gasteiger partial charge in [0, 0.05) is 12.2 Å². The van der Waals surface area contributed by atoms with Crippen molar-refractivity contribution in [3.05, 3.63) is 59.2 Å². The van der Waals surface area contributed by atoms with Crippen molar-refractivity contribution in [1.82, 2.24) is 5.32 Å². The van der Waals surface area contributed by atoms with Crippen LogP contribution in [0.25, 0.3) is 0 Å². The molecule has 1 amide bonds. The molecule has 0 aromatic heterocycles. The third kappa shape index (κ3) is 8.21. The summed E-state index contributed by atoms with van der Waals surface area (Å²) >= 11 is 0. The van der Waals surface area contributed by atoms with Crippen molar-refractivity contribution < 1.29 is 19.1 Å². The maximum atomic E-state index is 12.7. The summed E-state index contributed by atoms with van der Waals surface area (Å²) in [5, 5.41) is 6.34. The fourth-order valence-electron chi connectivity index (χ4n) is 3.25. The minimum atomic E-state index is -1.10. The Kier molecular flexibility index (Phi) is 8.67. The van der Waals surface area contributed by atoms with Gasteiger partial charge in [0.25, 0.3) is 0 Å². The van der Waals surface area contributed by atoms with Crippen LogP contribution in [0.5, 0.6) is 5.75 Å². The van der Waals surface area contributed by atoms with Gasteiger partial charge in [0.2, 0.25) is 5.91 Å². The minimum absolute atomic E-state index is 0.0523. The molecular weight excluding hydrogens is 416 g/mol. The summed E-state index contributed by atoms with van der Waals surface area (Å²) in [7, 11) is 0. The molecule has 1 atom stereocenters. The molecule has 0 saturated heterocycles. The van der Waals surface area contributed by atoms with E-state index in [1.165, 1.54) is 0 Å². The van der Waals surface area contributed by atoms with Crippen LogP contribution in [0.15, 0.2) is 42.5 Å². The molecule has 0 saturated carbocycles. The Morgan fingerprint density at radius 1 is 0.970 bits per heavy atom. The second-order valence-corrected chi connectivity index (χ2v) is 9.91. The van der Waals surface area contributed by atoms with Crippen LogP contribution in [0.1, 0.15) is 64.7 Å². The maximum Gasteiger partial charge on any atom is 0.350 e. The van der Waals surface area contributed by atoms with E-state index in [1.807, 2.05) is 77.9 Å². The second-order valence-electron chi connectivity index (χ2n) is 9.91. The normalized spacial score (nSPS) is 12.7. The van der Waals surface area contributed by atoms with Crippen LogP contribution < -0.4 is 15.4 Å². The number of hydrogen-bond acceptors (Lipinski definition) is 5. The first kappa shape index (κ1) is 26.4. The molecule has 6 nitrogen and oxygen atoms in total. The van der Waals surface area contributed by atoms with Crippen LogP contribution in [-0.4, -0.2) is 29.1 Å². The zero-order valence-electron chi connectivity index (χ0n) is 21.2. The van der Waals surface area contributed by atoms with Gasteiger partial charge < -0.3 is 20.1 Å². The Bertz CT molecular complexity index is 959. The van der Waals surface area contributed by atoms with Crippen molar-refractivity contribution in [2.24, 2.45) is 0 Å². The number of ether oxygens (including phenoxy) is 2. The van der Waals surface area contributed by atoms with Crippen LogP contribution in [0.4, 0.5) is 5.69 Å². The Balaban J connectivity index is 1.94. The van der Waals surface area contributed by atoms with E-state index in [-0.39, 0.29) is 11.9 Å². The Morgan fingerprint density at radius 2 is 1.61 bits per heavy atom. The van der Waals surface area contributed by atoms with E-state index in [1.54, 1.807) is 13.8 Å². The summed E-state index contributed by atoms with van der Waals surface area (Å²) in [5.41, 5.74) is 2.37. The van der Waals surface area contributed by atoms with Crippen molar-refractivity contribution >= 4 is 17.6 Å². The minimum Gasteiger partial charge on any atom is -0.476 e. The molecule has 2 N–H and O–H groups in total. The van der Waals surface area contributed by atoms with Crippen molar-refractivity contribution in [3.8, 4) is 5.75 Å². The number of amides is 1. The van der Waals surface area contributed by atoms with E-state index < -0.39 is 17.2 Å². The lowest BCUT2D eigenvalue weighted by molar-refractivity contribution is -0.170. The zero-order chi connectivity index (χ0) is 24.8. The lowest BCUT2D eigenvalue weighted by atomic mass is 10.1. The van der Waals surface area contributed by atoms with Crippen LogP contribution >= 0.6 is 0 Å². The van der Waals surface area contributed by atoms with Gasteiger partial charge in [-0.25, -0.2) is 4.79 Å². The molecule has 0 aliphatic rings. The van der Waals surface area contributed by atoms with Gasteiger partial charge in [-0.2, -0.15) is 0 Å². The Labute approximate surface area is 198 Å². The smallest absolute Gasteiger partial charge is 0.350 e. The SMILES string of the molecule is CCC(NCc1ccc(OC(C)(C)C(=O)OC(C)(C)C)cc1)C(=O)Nc1ccc(C)cc1C. The number of esters is 1. The number of aryl methyl sites for hydroxylation is 2. The van der Waals surface area contributed by atoms with E-state index in [4.69, 9.17) is 9.47 Å². The van der Waals surface area contributed by atoms with E-state index >= 15 is 0 Å². The molecule has 0 aliphatic heterocycles. The van der Waals surface area contributed by atoms with E-state index in [9.17, 15) is 9.59 Å². The largest absolute Gasteiger partial charge is 0.476 e. The molecule has 2 rings (SSSR count). The van der Waals surface area contributed by atoms with Gasteiger partial charge in [0.15, 0.2) is 5.60 Å². The predicted molar refractivity (Wildman–Crippen MR) is 132 cm³/mol. The number of nitrogens with one attached hydrogen (secondary N) is 2. The van der Waals surface area contributed by atoms with Crippen LogP contribution in [0.3, 0.4) is 0 Å². The molecule has 2 aromatic carbocycles. The fourth-order valence-corrected chi connectivity index (χ4v) is 3.25. The summed E-state index contributed by atoms with van der Waals surface area (Å²) in [6, 6.07) is 13.1. The molecular formula is C27H38N2O4. The average molecular weight is 455 g/mol.